The van der Waals surface area contributed by atoms with E-state index < -0.39 is 5.60 Å². The molecule has 0 amide bonds. The Morgan fingerprint density at radius 3 is 2.57 bits per heavy atom. The Bertz CT molecular complexity index is 289. The predicted octanol–water partition coefficient (Wildman–Crippen LogP) is 2.99. The lowest BCUT2D eigenvalue weighted by atomic mass is 9.81. The number of rotatable bonds is 2. The third-order valence-electron chi connectivity index (χ3n) is 2.82. The van der Waals surface area contributed by atoms with Crippen molar-refractivity contribution < 1.29 is 9.53 Å². The second-order valence-corrected chi connectivity index (χ2v) is 4.12. The first kappa shape index (κ1) is 11.0. The second-order valence-electron chi connectivity index (χ2n) is 4.12. The Hall–Kier alpha value is -1.05. The van der Waals surface area contributed by atoms with Crippen LogP contribution in [-0.4, -0.2) is 11.6 Å². The molecule has 0 aromatic carbocycles. The van der Waals surface area contributed by atoms with Gasteiger partial charge in [-0.25, -0.2) is 0 Å². The zero-order valence-electron chi connectivity index (χ0n) is 9.22. The van der Waals surface area contributed by atoms with Crippen LogP contribution in [0.15, 0.2) is 23.8 Å². The number of allylic oxidation sites excluding steroid dienone is 1. The maximum Gasteiger partial charge on any atom is 0.303 e. The standard InChI is InChI=1S/C12H18O2/c1-9(2)12(14-11(4)13)7-5-10(3)6-8-12/h5H,1,6-8H2,2-4H3/t12-/m1/s1. The number of carbonyl (C=O) groups excluding carboxylic acids is 1. The van der Waals surface area contributed by atoms with Gasteiger partial charge in [0.15, 0.2) is 0 Å². The maximum atomic E-state index is 11.0. The number of ether oxygens (including phenoxy) is 1. The van der Waals surface area contributed by atoms with E-state index in [1.165, 1.54) is 12.5 Å². The largest absolute Gasteiger partial charge is 0.454 e. The summed E-state index contributed by atoms with van der Waals surface area (Å²) in [7, 11) is 0. The van der Waals surface area contributed by atoms with Gasteiger partial charge in [-0.2, -0.15) is 0 Å². The highest BCUT2D eigenvalue weighted by atomic mass is 16.6. The van der Waals surface area contributed by atoms with Crippen molar-refractivity contribution in [3.05, 3.63) is 23.8 Å². The van der Waals surface area contributed by atoms with Crippen LogP contribution in [0.4, 0.5) is 0 Å². The highest BCUT2D eigenvalue weighted by Crippen LogP contribution is 2.36. The van der Waals surface area contributed by atoms with Gasteiger partial charge >= 0.3 is 5.97 Å². The molecule has 0 saturated heterocycles. The molecule has 1 rings (SSSR count). The molecule has 0 aromatic rings. The minimum absolute atomic E-state index is 0.221. The molecule has 0 bridgehead atoms. The van der Waals surface area contributed by atoms with E-state index in [-0.39, 0.29) is 5.97 Å². The minimum Gasteiger partial charge on any atom is -0.454 e. The fraction of sp³-hybridized carbons (Fsp3) is 0.583. The number of esters is 1. The molecule has 1 aliphatic rings. The monoisotopic (exact) mass is 194 g/mol. The van der Waals surface area contributed by atoms with Gasteiger partial charge in [0, 0.05) is 13.3 Å². The normalized spacial score (nSPS) is 26.6. The number of carbonyl (C=O) groups is 1. The van der Waals surface area contributed by atoms with Crippen molar-refractivity contribution in [1.82, 2.24) is 0 Å². The molecule has 0 unspecified atom stereocenters. The quantitative estimate of drug-likeness (QED) is 0.499. The third kappa shape index (κ3) is 2.25. The highest BCUT2D eigenvalue weighted by Gasteiger charge is 2.35. The van der Waals surface area contributed by atoms with Crippen molar-refractivity contribution in [2.45, 2.75) is 45.6 Å². The lowest BCUT2D eigenvalue weighted by Crippen LogP contribution is -2.36. The van der Waals surface area contributed by atoms with Gasteiger partial charge in [0.25, 0.3) is 0 Å². The Morgan fingerprint density at radius 1 is 1.57 bits per heavy atom. The van der Waals surface area contributed by atoms with E-state index in [9.17, 15) is 4.79 Å². The topological polar surface area (TPSA) is 26.3 Å². The van der Waals surface area contributed by atoms with Crippen molar-refractivity contribution in [3.63, 3.8) is 0 Å². The number of hydrogen-bond donors (Lipinski definition) is 0. The first-order valence-electron chi connectivity index (χ1n) is 4.97. The first-order valence-corrected chi connectivity index (χ1v) is 4.97. The second kappa shape index (κ2) is 3.99. The Labute approximate surface area is 85.6 Å². The van der Waals surface area contributed by atoms with Crippen LogP contribution in [0.1, 0.15) is 40.0 Å². The maximum absolute atomic E-state index is 11.0. The summed E-state index contributed by atoms with van der Waals surface area (Å²) in [6.07, 6.45) is 4.76. The molecule has 2 nitrogen and oxygen atoms in total. The van der Waals surface area contributed by atoms with E-state index in [2.05, 4.69) is 19.6 Å². The van der Waals surface area contributed by atoms with Crippen LogP contribution in [0.2, 0.25) is 0 Å². The van der Waals surface area contributed by atoms with E-state index >= 15 is 0 Å². The summed E-state index contributed by atoms with van der Waals surface area (Å²) in [5.74, 6) is -0.221. The van der Waals surface area contributed by atoms with Gasteiger partial charge in [-0.3, -0.25) is 4.79 Å². The van der Waals surface area contributed by atoms with Crippen molar-refractivity contribution >= 4 is 5.97 Å². The molecule has 0 N–H and O–H groups in total. The molecule has 0 aliphatic heterocycles. The predicted molar refractivity (Wildman–Crippen MR) is 56.9 cm³/mol. The molecule has 1 atom stereocenters. The van der Waals surface area contributed by atoms with Crippen LogP contribution < -0.4 is 0 Å². The average molecular weight is 194 g/mol. The lowest BCUT2D eigenvalue weighted by molar-refractivity contribution is -0.154. The van der Waals surface area contributed by atoms with Crippen molar-refractivity contribution in [2.24, 2.45) is 0 Å². The summed E-state index contributed by atoms with van der Waals surface area (Å²) >= 11 is 0. The summed E-state index contributed by atoms with van der Waals surface area (Å²) in [5, 5.41) is 0. The van der Waals surface area contributed by atoms with Crippen LogP contribution >= 0.6 is 0 Å². The Morgan fingerprint density at radius 2 is 2.21 bits per heavy atom. The molecule has 2 heteroatoms. The molecular formula is C12H18O2. The molecule has 78 valence electrons. The third-order valence-corrected chi connectivity index (χ3v) is 2.82. The van der Waals surface area contributed by atoms with Gasteiger partial charge < -0.3 is 4.74 Å². The van der Waals surface area contributed by atoms with Crippen molar-refractivity contribution in [1.29, 1.82) is 0 Å². The smallest absolute Gasteiger partial charge is 0.303 e. The fourth-order valence-corrected chi connectivity index (χ4v) is 1.78. The van der Waals surface area contributed by atoms with Gasteiger partial charge in [-0.15, -0.1) is 0 Å². The molecule has 0 radical (unpaired) electrons. The fourth-order valence-electron chi connectivity index (χ4n) is 1.78. The summed E-state index contributed by atoms with van der Waals surface area (Å²) in [6.45, 7) is 9.41. The molecule has 1 aliphatic carbocycles. The first-order chi connectivity index (χ1) is 6.46. The summed E-state index contributed by atoms with van der Waals surface area (Å²) in [4.78, 5) is 11.0. The van der Waals surface area contributed by atoms with Crippen LogP contribution in [0.5, 0.6) is 0 Å². The van der Waals surface area contributed by atoms with E-state index in [1.54, 1.807) is 0 Å². The zero-order chi connectivity index (χ0) is 10.8. The molecule has 14 heavy (non-hydrogen) atoms. The molecule has 0 fully saturated rings. The van der Waals surface area contributed by atoms with Gasteiger partial charge in [-0.1, -0.05) is 18.2 Å². The lowest BCUT2D eigenvalue weighted by Gasteiger charge is -2.36. The van der Waals surface area contributed by atoms with Crippen molar-refractivity contribution in [3.8, 4) is 0 Å². The van der Waals surface area contributed by atoms with Crippen molar-refractivity contribution in [2.75, 3.05) is 0 Å². The summed E-state index contributed by atoms with van der Waals surface area (Å²) in [6, 6.07) is 0. The molecule has 0 heterocycles. The van der Waals surface area contributed by atoms with Crippen LogP contribution in [0.25, 0.3) is 0 Å². The molecular weight excluding hydrogens is 176 g/mol. The minimum atomic E-state index is -0.439. The van der Waals surface area contributed by atoms with Crippen LogP contribution in [0.3, 0.4) is 0 Å². The molecule has 0 aromatic heterocycles. The number of hydrogen-bond acceptors (Lipinski definition) is 2. The molecule has 0 spiro atoms. The van der Waals surface area contributed by atoms with E-state index in [0.717, 1.165) is 24.8 Å². The van der Waals surface area contributed by atoms with E-state index in [4.69, 9.17) is 4.74 Å². The van der Waals surface area contributed by atoms with Gasteiger partial charge in [-0.05, 0) is 32.3 Å². The van der Waals surface area contributed by atoms with Crippen LogP contribution in [0, 0.1) is 0 Å². The van der Waals surface area contributed by atoms with E-state index in [1.807, 2.05) is 6.92 Å². The van der Waals surface area contributed by atoms with Gasteiger partial charge in [0.2, 0.25) is 0 Å². The molecule has 0 saturated carbocycles. The van der Waals surface area contributed by atoms with Crippen LogP contribution in [-0.2, 0) is 9.53 Å². The average Bonchev–Trinajstić information content (AvgIpc) is 2.08. The Kier molecular flexibility index (Phi) is 3.14. The summed E-state index contributed by atoms with van der Waals surface area (Å²) in [5.41, 5.74) is 1.87. The van der Waals surface area contributed by atoms with Gasteiger partial charge in [0.1, 0.15) is 5.60 Å². The SMILES string of the molecule is C=C(C)[C@@]1(OC(C)=O)CC=C(C)CC1. The van der Waals surface area contributed by atoms with Gasteiger partial charge in [0.05, 0.1) is 0 Å². The van der Waals surface area contributed by atoms with E-state index in [0.29, 0.717) is 0 Å². The zero-order valence-corrected chi connectivity index (χ0v) is 9.22. The Balaban J connectivity index is 2.84. The highest BCUT2D eigenvalue weighted by molar-refractivity contribution is 5.67. The summed E-state index contributed by atoms with van der Waals surface area (Å²) < 4.78 is 5.41.